The predicted octanol–water partition coefficient (Wildman–Crippen LogP) is 2.75. The fourth-order valence-electron chi connectivity index (χ4n) is 2.29. The second-order valence-electron chi connectivity index (χ2n) is 5.26. The van der Waals surface area contributed by atoms with Gasteiger partial charge in [-0.2, -0.15) is 0 Å². The number of nitrogens with zero attached hydrogens (tertiary/aromatic N) is 4. The maximum absolute atomic E-state index is 4.35. The molecule has 130 valence electrons. The van der Waals surface area contributed by atoms with Gasteiger partial charge in [-0.3, -0.25) is 9.56 Å². The van der Waals surface area contributed by atoms with Gasteiger partial charge in [0, 0.05) is 38.7 Å². The third kappa shape index (κ3) is 5.56. The van der Waals surface area contributed by atoms with E-state index in [4.69, 9.17) is 0 Å². The number of imidazole rings is 1. The maximum atomic E-state index is 4.35. The Morgan fingerprint density at radius 2 is 1.80 bits per heavy atom. The van der Waals surface area contributed by atoms with Crippen molar-refractivity contribution >= 4 is 29.9 Å². The second-order valence-corrected chi connectivity index (χ2v) is 5.26. The van der Waals surface area contributed by atoms with E-state index in [9.17, 15) is 0 Å². The minimum Gasteiger partial charge on any atom is -0.352 e. The molecule has 6 nitrogen and oxygen atoms in total. The van der Waals surface area contributed by atoms with Crippen LogP contribution in [0.1, 0.15) is 11.1 Å². The molecule has 0 aliphatic heterocycles. The van der Waals surface area contributed by atoms with E-state index in [1.54, 1.807) is 25.8 Å². The third-order valence-electron chi connectivity index (χ3n) is 3.57. The Labute approximate surface area is 164 Å². The Morgan fingerprint density at radius 3 is 2.48 bits per heavy atom. The highest BCUT2D eigenvalue weighted by Crippen LogP contribution is 2.06. The molecule has 3 rings (SSSR count). The van der Waals surface area contributed by atoms with Gasteiger partial charge in [0.05, 0.1) is 0 Å². The summed E-state index contributed by atoms with van der Waals surface area (Å²) in [5.41, 5.74) is 2.34. The minimum atomic E-state index is 0. The molecule has 0 saturated carbocycles. The molecule has 0 fully saturated rings. The summed E-state index contributed by atoms with van der Waals surface area (Å²) < 4.78 is 1.88. The number of benzene rings is 1. The highest BCUT2D eigenvalue weighted by atomic mass is 127. The van der Waals surface area contributed by atoms with Crippen molar-refractivity contribution in [1.29, 1.82) is 0 Å². The summed E-state index contributed by atoms with van der Waals surface area (Å²) >= 11 is 0. The van der Waals surface area contributed by atoms with Crippen molar-refractivity contribution in [2.45, 2.75) is 13.1 Å². The Kier molecular flexibility index (Phi) is 7.39. The quantitative estimate of drug-likeness (QED) is 0.358. The van der Waals surface area contributed by atoms with Crippen LogP contribution in [0.3, 0.4) is 0 Å². The number of rotatable bonds is 5. The van der Waals surface area contributed by atoms with Crippen molar-refractivity contribution in [2.24, 2.45) is 4.99 Å². The number of hydrogen-bond acceptors (Lipinski definition) is 3. The van der Waals surface area contributed by atoms with Crippen molar-refractivity contribution < 1.29 is 0 Å². The summed E-state index contributed by atoms with van der Waals surface area (Å²) in [6, 6.07) is 14.2. The number of aliphatic imine (C=N–C) groups is 1. The summed E-state index contributed by atoms with van der Waals surface area (Å²) in [7, 11) is 1.77. The van der Waals surface area contributed by atoms with E-state index in [1.807, 2.05) is 41.1 Å². The SMILES string of the molecule is CN=C(NCc1ccccc1)NCc1ccnc(-n2ccnc2)c1.I. The van der Waals surface area contributed by atoms with Gasteiger partial charge in [-0.15, -0.1) is 24.0 Å². The van der Waals surface area contributed by atoms with Crippen LogP contribution in [0.5, 0.6) is 0 Å². The van der Waals surface area contributed by atoms with E-state index < -0.39 is 0 Å². The maximum Gasteiger partial charge on any atom is 0.191 e. The Balaban J connectivity index is 0.00000225. The lowest BCUT2D eigenvalue weighted by Gasteiger charge is -2.12. The smallest absolute Gasteiger partial charge is 0.191 e. The van der Waals surface area contributed by atoms with Crippen LogP contribution >= 0.6 is 24.0 Å². The van der Waals surface area contributed by atoms with Crippen LogP contribution in [0.4, 0.5) is 0 Å². The summed E-state index contributed by atoms with van der Waals surface area (Å²) in [6.45, 7) is 1.40. The van der Waals surface area contributed by atoms with Crippen molar-refractivity contribution in [3.8, 4) is 5.82 Å². The van der Waals surface area contributed by atoms with Crippen LogP contribution < -0.4 is 10.6 Å². The van der Waals surface area contributed by atoms with Crippen LogP contribution in [0.2, 0.25) is 0 Å². The fraction of sp³-hybridized carbons (Fsp3) is 0.167. The number of hydrogen-bond donors (Lipinski definition) is 2. The molecule has 0 saturated heterocycles. The van der Waals surface area contributed by atoms with Crippen LogP contribution in [-0.4, -0.2) is 27.5 Å². The summed E-state index contributed by atoms with van der Waals surface area (Å²) in [6.07, 6.45) is 7.15. The van der Waals surface area contributed by atoms with E-state index in [2.05, 4.69) is 37.7 Å². The molecule has 1 aromatic carbocycles. The molecule has 7 heteroatoms. The first kappa shape index (κ1) is 18.9. The molecule has 0 unspecified atom stereocenters. The van der Waals surface area contributed by atoms with Gasteiger partial charge < -0.3 is 10.6 Å². The molecule has 0 atom stereocenters. The number of guanidine groups is 1. The molecular weight excluding hydrogens is 427 g/mol. The molecule has 2 aromatic heterocycles. The van der Waals surface area contributed by atoms with Gasteiger partial charge in [0.2, 0.25) is 0 Å². The van der Waals surface area contributed by atoms with Gasteiger partial charge in [-0.1, -0.05) is 30.3 Å². The lowest BCUT2D eigenvalue weighted by molar-refractivity contribution is 0.806. The predicted molar refractivity (Wildman–Crippen MR) is 110 cm³/mol. The number of halogens is 1. The highest BCUT2D eigenvalue weighted by Gasteiger charge is 2.02. The Morgan fingerprint density at radius 1 is 1.04 bits per heavy atom. The Hall–Kier alpha value is -2.42. The third-order valence-corrected chi connectivity index (χ3v) is 3.57. The summed E-state index contributed by atoms with van der Waals surface area (Å²) in [5.74, 6) is 1.61. The first-order valence-corrected chi connectivity index (χ1v) is 7.77. The van der Waals surface area contributed by atoms with Crippen LogP contribution in [-0.2, 0) is 13.1 Å². The van der Waals surface area contributed by atoms with Gasteiger partial charge in [0.1, 0.15) is 12.1 Å². The summed E-state index contributed by atoms with van der Waals surface area (Å²) in [5, 5.41) is 6.62. The zero-order valence-corrected chi connectivity index (χ0v) is 16.3. The normalized spacial score (nSPS) is 10.8. The van der Waals surface area contributed by atoms with Crippen molar-refractivity contribution in [3.05, 3.63) is 78.5 Å². The number of pyridine rings is 1. The highest BCUT2D eigenvalue weighted by molar-refractivity contribution is 14.0. The van der Waals surface area contributed by atoms with Crippen LogP contribution in [0.25, 0.3) is 5.82 Å². The van der Waals surface area contributed by atoms with Gasteiger partial charge >= 0.3 is 0 Å². The van der Waals surface area contributed by atoms with Crippen molar-refractivity contribution in [2.75, 3.05) is 7.05 Å². The minimum absolute atomic E-state index is 0. The van der Waals surface area contributed by atoms with Crippen molar-refractivity contribution in [3.63, 3.8) is 0 Å². The lowest BCUT2D eigenvalue weighted by Crippen LogP contribution is -2.36. The second kappa shape index (κ2) is 9.77. The largest absolute Gasteiger partial charge is 0.352 e. The zero-order valence-electron chi connectivity index (χ0n) is 14.0. The molecule has 0 aliphatic rings. The number of nitrogens with one attached hydrogen (secondary N) is 2. The standard InChI is InChI=1S/C18H20N6.HI/c1-19-18(22-12-15-5-3-2-4-6-15)23-13-16-7-8-21-17(11-16)24-10-9-20-14-24;/h2-11,14H,12-13H2,1H3,(H2,19,22,23);1H. The average molecular weight is 448 g/mol. The lowest BCUT2D eigenvalue weighted by atomic mass is 10.2. The molecule has 0 spiro atoms. The van der Waals surface area contributed by atoms with E-state index in [0.717, 1.165) is 23.9 Å². The molecule has 0 radical (unpaired) electrons. The molecule has 0 amide bonds. The molecule has 3 aromatic rings. The van der Waals surface area contributed by atoms with Crippen molar-refractivity contribution in [1.82, 2.24) is 25.2 Å². The molecular formula is C18H21IN6. The average Bonchev–Trinajstić information content (AvgIpc) is 3.18. The van der Waals surface area contributed by atoms with Gasteiger partial charge in [0.15, 0.2) is 5.96 Å². The molecule has 0 aliphatic carbocycles. The van der Waals surface area contributed by atoms with E-state index in [-0.39, 0.29) is 24.0 Å². The Bertz CT molecular complexity index is 786. The zero-order chi connectivity index (χ0) is 16.6. The van der Waals surface area contributed by atoms with Gasteiger partial charge in [-0.25, -0.2) is 9.97 Å². The van der Waals surface area contributed by atoms with E-state index >= 15 is 0 Å². The topological polar surface area (TPSA) is 67.1 Å². The van der Waals surface area contributed by atoms with E-state index in [0.29, 0.717) is 6.54 Å². The monoisotopic (exact) mass is 448 g/mol. The van der Waals surface area contributed by atoms with Crippen LogP contribution in [0, 0.1) is 0 Å². The fourth-order valence-corrected chi connectivity index (χ4v) is 2.29. The molecule has 2 N–H and O–H groups in total. The molecule has 25 heavy (non-hydrogen) atoms. The first-order valence-electron chi connectivity index (χ1n) is 7.77. The number of aromatic nitrogens is 3. The van der Waals surface area contributed by atoms with Gasteiger partial charge in [-0.05, 0) is 23.3 Å². The van der Waals surface area contributed by atoms with E-state index in [1.165, 1.54) is 5.56 Å². The molecule has 2 heterocycles. The summed E-state index contributed by atoms with van der Waals surface area (Å²) in [4.78, 5) is 12.7. The first-order chi connectivity index (χ1) is 11.8. The molecule has 0 bridgehead atoms. The van der Waals surface area contributed by atoms with Crippen LogP contribution in [0.15, 0.2) is 72.4 Å². The van der Waals surface area contributed by atoms with Gasteiger partial charge in [0.25, 0.3) is 0 Å².